The molecule has 2 N–H and O–H groups in total. The van der Waals surface area contributed by atoms with Crippen molar-refractivity contribution in [2.24, 2.45) is 5.92 Å². The zero-order chi connectivity index (χ0) is 14.0. The molecule has 1 aromatic rings. The van der Waals surface area contributed by atoms with E-state index in [1.54, 1.807) is 0 Å². The molecule has 19 heavy (non-hydrogen) atoms. The van der Waals surface area contributed by atoms with Gasteiger partial charge in [-0.25, -0.2) is 18.4 Å². The van der Waals surface area contributed by atoms with Gasteiger partial charge in [0.1, 0.15) is 30.3 Å². The van der Waals surface area contributed by atoms with E-state index in [-0.39, 0.29) is 12.1 Å². The lowest BCUT2D eigenvalue weighted by atomic mass is 9.82. The van der Waals surface area contributed by atoms with E-state index in [4.69, 9.17) is 0 Å². The highest BCUT2D eigenvalue weighted by Crippen LogP contribution is 2.35. The molecule has 0 amide bonds. The van der Waals surface area contributed by atoms with Crippen LogP contribution in [0.3, 0.4) is 0 Å². The topological polar surface area (TPSA) is 71.2 Å². The van der Waals surface area contributed by atoms with E-state index in [1.165, 1.54) is 30.3 Å². The molecular formula is C12H15F2N3O2. The lowest BCUT2D eigenvalue weighted by Gasteiger charge is -2.34. The van der Waals surface area contributed by atoms with E-state index in [9.17, 15) is 19.0 Å². The molecule has 3 atom stereocenters. The van der Waals surface area contributed by atoms with Crippen LogP contribution >= 0.6 is 0 Å². The van der Waals surface area contributed by atoms with E-state index in [0.717, 1.165) is 6.08 Å². The first-order valence-electron chi connectivity index (χ1n) is 5.85. The SMILES string of the molecule is CC1C(F)=CC=C([C@](O)(CO)Cn2cncn2)C1F. The van der Waals surface area contributed by atoms with Crippen LogP contribution in [0.4, 0.5) is 8.78 Å². The molecule has 0 bridgehead atoms. The van der Waals surface area contributed by atoms with Crippen LogP contribution in [0.25, 0.3) is 0 Å². The highest BCUT2D eigenvalue weighted by molar-refractivity contribution is 5.33. The Morgan fingerprint density at radius 3 is 2.79 bits per heavy atom. The second-order valence-corrected chi connectivity index (χ2v) is 4.65. The van der Waals surface area contributed by atoms with E-state index in [2.05, 4.69) is 10.1 Å². The molecule has 1 aromatic heterocycles. The highest BCUT2D eigenvalue weighted by atomic mass is 19.1. The van der Waals surface area contributed by atoms with Crippen LogP contribution in [-0.2, 0) is 6.54 Å². The Balaban J connectivity index is 2.30. The number of allylic oxidation sites excluding steroid dienone is 3. The molecule has 1 aliphatic carbocycles. The van der Waals surface area contributed by atoms with Crippen molar-refractivity contribution in [1.82, 2.24) is 14.8 Å². The first kappa shape index (κ1) is 13.8. The summed E-state index contributed by atoms with van der Waals surface area (Å²) in [6.07, 6.45) is 3.20. The summed E-state index contributed by atoms with van der Waals surface area (Å²) in [5.74, 6) is -1.56. The Labute approximate surface area is 108 Å². The predicted octanol–water partition coefficient (Wildman–Crippen LogP) is 0.769. The molecule has 0 saturated carbocycles. The Kier molecular flexibility index (Phi) is 3.77. The molecule has 104 valence electrons. The second-order valence-electron chi connectivity index (χ2n) is 4.65. The van der Waals surface area contributed by atoms with Crippen molar-refractivity contribution in [3.63, 3.8) is 0 Å². The lowest BCUT2D eigenvalue weighted by Crippen LogP contribution is -2.45. The van der Waals surface area contributed by atoms with Crippen molar-refractivity contribution >= 4 is 0 Å². The van der Waals surface area contributed by atoms with E-state index < -0.39 is 30.1 Å². The van der Waals surface area contributed by atoms with Gasteiger partial charge in [0.15, 0.2) is 0 Å². The van der Waals surface area contributed by atoms with E-state index >= 15 is 0 Å². The van der Waals surface area contributed by atoms with Gasteiger partial charge in [0.25, 0.3) is 0 Å². The third-order valence-corrected chi connectivity index (χ3v) is 3.28. The minimum absolute atomic E-state index is 0.0561. The molecule has 1 heterocycles. The van der Waals surface area contributed by atoms with E-state index in [1.807, 2.05) is 0 Å². The summed E-state index contributed by atoms with van der Waals surface area (Å²) in [5.41, 5.74) is -1.89. The fourth-order valence-electron chi connectivity index (χ4n) is 2.05. The largest absolute Gasteiger partial charge is 0.393 e. The number of halogens is 2. The van der Waals surface area contributed by atoms with Crippen LogP contribution in [0.2, 0.25) is 0 Å². The maximum atomic E-state index is 14.1. The van der Waals surface area contributed by atoms with Gasteiger partial charge in [-0.15, -0.1) is 0 Å². The number of rotatable bonds is 4. The van der Waals surface area contributed by atoms with Gasteiger partial charge in [0.2, 0.25) is 0 Å². The third-order valence-electron chi connectivity index (χ3n) is 3.28. The Hall–Kier alpha value is -1.60. The Morgan fingerprint density at radius 2 is 2.21 bits per heavy atom. The van der Waals surface area contributed by atoms with Gasteiger partial charge in [0.05, 0.1) is 13.2 Å². The lowest BCUT2D eigenvalue weighted by molar-refractivity contribution is -0.0131. The number of aliphatic hydroxyl groups is 2. The number of hydrogen-bond acceptors (Lipinski definition) is 4. The van der Waals surface area contributed by atoms with Crippen LogP contribution in [0.1, 0.15) is 6.92 Å². The van der Waals surface area contributed by atoms with Gasteiger partial charge in [-0.05, 0) is 11.6 Å². The van der Waals surface area contributed by atoms with Crippen molar-refractivity contribution in [3.05, 3.63) is 36.2 Å². The zero-order valence-corrected chi connectivity index (χ0v) is 10.4. The number of hydrogen-bond donors (Lipinski definition) is 2. The zero-order valence-electron chi connectivity index (χ0n) is 10.4. The summed E-state index contributed by atoms with van der Waals surface area (Å²) in [5, 5.41) is 23.6. The smallest absolute Gasteiger partial charge is 0.137 e. The van der Waals surface area contributed by atoms with Gasteiger partial charge < -0.3 is 10.2 Å². The van der Waals surface area contributed by atoms with Gasteiger partial charge in [-0.2, -0.15) is 5.10 Å². The van der Waals surface area contributed by atoms with Crippen molar-refractivity contribution < 1.29 is 19.0 Å². The average Bonchev–Trinajstić information content (AvgIpc) is 2.88. The predicted molar refractivity (Wildman–Crippen MR) is 63.4 cm³/mol. The minimum Gasteiger partial charge on any atom is -0.393 e. The van der Waals surface area contributed by atoms with Gasteiger partial charge >= 0.3 is 0 Å². The third kappa shape index (κ3) is 2.57. The van der Waals surface area contributed by atoms with Crippen molar-refractivity contribution in [1.29, 1.82) is 0 Å². The van der Waals surface area contributed by atoms with Crippen molar-refractivity contribution in [2.45, 2.75) is 25.2 Å². The van der Waals surface area contributed by atoms with Crippen molar-refractivity contribution in [2.75, 3.05) is 6.61 Å². The van der Waals surface area contributed by atoms with Gasteiger partial charge in [0, 0.05) is 5.92 Å². The summed E-state index contributed by atoms with van der Waals surface area (Å²) < 4.78 is 28.7. The first-order valence-corrected chi connectivity index (χ1v) is 5.85. The minimum atomic E-state index is -1.83. The molecule has 1 aliphatic rings. The summed E-state index contributed by atoms with van der Waals surface area (Å²) in [7, 11) is 0. The molecular weight excluding hydrogens is 256 g/mol. The number of alkyl halides is 1. The molecule has 0 fully saturated rings. The Morgan fingerprint density at radius 1 is 1.47 bits per heavy atom. The van der Waals surface area contributed by atoms with Crippen LogP contribution in [-0.4, -0.2) is 43.4 Å². The monoisotopic (exact) mass is 271 g/mol. The first-order chi connectivity index (χ1) is 8.98. The maximum Gasteiger partial charge on any atom is 0.137 e. The summed E-state index contributed by atoms with van der Waals surface area (Å²) in [6.45, 7) is 0.538. The molecule has 0 saturated heterocycles. The molecule has 0 aliphatic heterocycles. The second kappa shape index (κ2) is 5.18. The molecule has 2 rings (SSSR count). The fourth-order valence-corrected chi connectivity index (χ4v) is 2.05. The molecule has 2 unspecified atom stereocenters. The van der Waals surface area contributed by atoms with E-state index in [0.29, 0.717) is 0 Å². The summed E-state index contributed by atoms with van der Waals surface area (Å²) >= 11 is 0. The Bertz CT molecular complexity index is 501. The molecule has 5 nitrogen and oxygen atoms in total. The molecule has 0 radical (unpaired) electrons. The van der Waals surface area contributed by atoms with Crippen LogP contribution in [0.15, 0.2) is 36.2 Å². The number of nitrogens with zero attached hydrogens (tertiary/aromatic N) is 3. The highest BCUT2D eigenvalue weighted by Gasteiger charge is 2.41. The van der Waals surface area contributed by atoms with Crippen LogP contribution in [0, 0.1) is 5.92 Å². The summed E-state index contributed by atoms with van der Waals surface area (Å²) in [4.78, 5) is 3.71. The molecule has 0 aromatic carbocycles. The molecule has 7 heteroatoms. The quantitative estimate of drug-likeness (QED) is 0.848. The maximum absolute atomic E-state index is 14.1. The fraction of sp³-hybridized carbons (Fsp3) is 0.500. The van der Waals surface area contributed by atoms with Gasteiger partial charge in [-0.1, -0.05) is 13.0 Å². The normalized spacial score (nSPS) is 26.6. The number of aromatic nitrogens is 3. The van der Waals surface area contributed by atoms with Crippen molar-refractivity contribution in [3.8, 4) is 0 Å². The van der Waals surface area contributed by atoms with Crippen LogP contribution < -0.4 is 0 Å². The van der Waals surface area contributed by atoms with Gasteiger partial charge in [-0.3, -0.25) is 0 Å². The summed E-state index contributed by atoms with van der Waals surface area (Å²) in [6, 6.07) is 0. The average molecular weight is 271 g/mol. The number of aliphatic hydroxyl groups excluding tert-OH is 1. The standard InChI is InChI=1S/C12H15F2N3O2/c1-8-10(13)3-2-9(11(8)14)12(19,5-18)4-17-7-15-6-16-17/h2-3,6-8,11,18-19H,4-5H2,1H3/t8?,11?,12-/m1/s1. The van der Waals surface area contributed by atoms with Crippen LogP contribution in [0.5, 0.6) is 0 Å². The molecule has 0 spiro atoms.